The van der Waals surface area contributed by atoms with E-state index >= 15 is 0 Å². The molecule has 4 aromatic carbocycles. The van der Waals surface area contributed by atoms with E-state index in [1.807, 2.05) is 23.9 Å². The minimum Gasteiger partial charge on any atom is -0.491 e. The summed E-state index contributed by atoms with van der Waals surface area (Å²) in [6, 6.07) is 24.0. The van der Waals surface area contributed by atoms with Crippen LogP contribution in [0.1, 0.15) is 27.8 Å². The van der Waals surface area contributed by atoms with Crippen molar-refractivity contribution < 1.29 is 19.7 Å². The van der Waals surface area contributed by atoms with Crippen molar-refractivity contribution in [3.8, 4) is 22.6 Å². The van der Waals surface area contributed by atoms with Crippen molar-refractivity contribution in [3.05, 3.63) is 110 Å². The number of hydrogen-bond donors (Lipinski definition) is 2. The summed E-state index contributed by atoms with van der Waals surface area (Å²) < 4.78 is 12.5. The number of fused-ring (bicyclic) bond motifs is 7. The first kappa shape index (κ1) is 26.4. The topological polar surface area (TPSA) is 58.9 Å². The molecular weight excluding hydrogens is 549 g/mol. The van der Waals surface area contributed by atoms with Crippen LogP contribution < -0.4 is 19.9 Å². The highest BCUT2D eigenvalue weighted by Crippen LogP contribution is 2.52. The molecule has 6 heteroatoms. The number of thioether (sulfide) groups is 1. The highest BCUT2D eigenvalue weighted by Gasteiger charge is 2.39. The number of thiophene rings is 1. The molecule has 0 radical (unpaired) electrons. The smallest absolute Gasteiger partial charge is 0.122 e. The average Bonchev–Trinajstić information content (AvgIpc) is 3.71. The van der Waals surface area contributed by atoms with Crippen LogP contribution in [-0.4, -0.2) is 36.6 Å². The molecule has 0 fully saturated rings. The summed E-state index contributed by atoms with van der Waals surface area (Å²) in [5, 5.41) is 24.5. The SMILES string of the molecule is Cc1cc(C2(c3ccc(OCCO)c(C)c3)C=c3c(ccc4c3=Cc3c-4ccc4ccsc34)S2)ccc1OCCO. The minimum absolute atomic E-state index is 0.0180. The van der Waals surface area contributed by atoms with Gasteiger partial charge in [-0.25, -0.2) is 0 Å². The van der Waals surface area contributed by atoms with Crippen molar-refractivity contribution in [2.75, 3.05) is 26.4 Å². The van der Waals surface area contributed by atoms with Gasteiger partial charge in [0.2, 0.25) is 0 Å². The predicted octanol–water partition coefficient (Wildman–Crippen LogP) is 5.90. The van der Waals surface area contributed by atoms with Gasteiger partial charge >= 0.3 is 0 Å². The van der Waals surface area contributed by atoms with Crippen LogP contribution in [0.4, 0.5) is 0 Å². The lowest BCUT2D eigenvalue weighted by Gasteiger charge is -2.30. The van der Waals surface area contributed by atoms with E-state index in [0.29, 0.717) is 0 Å². The van der Waals surface area contributed by atoms with E-state index in [1.54, 1.807) is 11.3 Å². The van der Waals surface area contributed by atoms with Crippen molar-refractivity contribution in [3.63, 3.8) is 0 Å². The molecule has 2 N–H and O–H groups in total. The van der Waals surface area contributed by atoms with E-state index in [9.17, 15) is 10.2 Å². The van der Waals surface area contributed by atoms with Gasteiger partial charge in [0.15, 0.2) is 0 Å². The normalized spacial score (nSPS) is 14.2. The molecule has 5 aromatic rings. The van der Waals surface area contributed by atoms with Crippen LogP contribution >= 0.6 is 23.1 Å². The van der Waals surface area contributed by atoms with Crippen LogP contribution in [0, 0.1) is 13.8 Å². The van der Waals surface area contributed by atoms with Gasteiger partial charge in [0.1, 0.15) is 24.7 Å². The number of hydrogen-bond acceptors (Lipinski definition) is 6. The van der Waals surface area contributed by atoms with Crippen LogP contribution in [0.15, 0.2) is 77.0 Å². The number of rotatable bonds is 8. The molecular formula is C35H30O4S2. The van der Waals surface area contributed by atoms with Crippen molar-refractivity contribution in [1.29, 1.82) is 0 Å². The zero-order valence-electron chi connectivity index (χ0n) is 22.9. The Hall–Kier alpha value is -3.55. The average molecular weight is 579 g/mol. The minimum atomic E-state index is -0.459. The first-order valence-electron chi connectivity index (χ1n) is 13.8. The molecule has 0 amide bonds. The van der Waals surface area contributed by atoms with Gasteiger partial charge in [-0.05, 0) is 98.8 Å². The number of benzene rings is 4. The van der Waals surface area contributed by atoms with E-state index in [2.05, 4.69) is 86.0 Å². The second-order valence-electron chi connectivity index (χ2n) is 10.5. The van der Waals surface area contributed by atoms with Crippen LogP contribution in [0.25, 0.3) is 33.4 Å². The molecule has 7 rings (SSSR count). The van der Waals surface area contributed by atoms with Gasteiger partial charge in [-0.15, -0.1) is 23.1 Å². The zero-order valence-corrected chi connectivity index (χ0v) is 24.6. The van der Waals surface area contributed by atoms with Crippen molar-refractivity contribution >= 4 is 45.3 Å². The van der Waals surface area contributed by atoms with Crippen LogP contribution in [0.2, 0.25) is 0 Å². The van der Waals surface area contributed by atoms with Gasteiger partial charge in [0.25, 0.3) is 0 Å². The maximum Gasteiger partial charge on any atom is 0.122 e. The van der Waals surface area contributed by atoms with Gasteiger partial charge in [-0.1, -0.05) is 48.5 Å². The number of aryl methyl sites for hydroxylation is 2. The third kappa shape index (κ3) is 4.29. The highest BCUT2D eigenvalue weighted by atomic mass is 32.2. The number of aliphatic hydroxyl groups is 2. The molecule has 0 unspecified atom stereocenters. The van der Waals surface area contributed by atoms with Crippen LogP contribution in [0.3, 0.4) is 0 Å². The lowest BCUT2D eigenvalue weighted by molar-refractivity contribution is 0.200. The third-order valence-electron chi connectivity index (χ3n) is 8.01. The van der Waals surface area contributed by atoms with Crippen molar-refractivity contribution in [2.45, 2.75) is 23.5 Å². The standard InChI is InChI=1S/C35H30O4S2/c1-21-17-24(4-8-31(21)38-14-12-36)35(25-5-9-32(22(2)18-25)39-15-13-37)20-30-28-19-29-27(26(28)7-10-33(30)41-35)6-3-23-11-16-40-34(23)29/h3-11,16-20,36-37H,12-15H2,1-2H3. The van der Waals surface area contributed by atoms with Gasteiger partial charge in [0, 0.05) is 15.2 Å². The molecule has 0 atom stereocenters. The Morgan fingerprint density at radius 1 is 0.732 bits per heavy atom. The molecule has 41 heavy (non-hydrogen) atoms. The van der Waals surface area contributed by atoms with Gasteiger partial charge in [-0.2, -0.15) is 0 Å². The predicted molar refractivity (Wildman–Crippen MR) is 169 cm³/mol. The van der Waals surface area contributed by atoms with E-state index < -0.39 is 4.75 Å². The first-order valence-corrected chi connectivity index (χ1v) is 15.5. The van der Waals surface area contributed by atoms with E-state index in [1.165, 1.54) is 53.2 Å². The summed E-state index contributed by atoms with van der Waals surface area (Å²) in [7, 11) is 0. The van der Waals surface area contributed by atoms with Gasteiger partial charge in [0.05, 0.1) is 18.0 Å². The van der Waals surface area contributed by atoms with Crippen LogP contribution in [0.5, 0.6) is 11.5 Å². The Kier molecular flexibility index (Phi) is 6.67. The summed E-state index contributed by atoms with van der Waals surface area (Å²) in [5.74, 6) is 1.57. The maximum absolute atomic E-state index is 9.27. The fourth-order valence-electron chi connectivity index (χ4n) is 6.07. The lowest BCUT2D eigenvalue weighted by Crippen LogP contribution is -2.26. The van der Waals surface area contributed by atoms with E-state index in [4.69, 9.17) is 9.47 Å². The molecule has 206 valence electrons. The fourth-order valence-corrected chi connectivity index (χ4v) is 8.42. The molecule has 2 heterocycles. The number of aliphatic hydroxyl groups excluding tert-OH is 2. The molecule has 2 aliphatic rings. The van der Waals surface area contributed by atoms with Crippen LogP contribution in [-0.2, 0) is 4.75 Å². The summed E-state index contributed by atoms with van der Waals surface area (Å²) in [6.45, 7) is 4.62. The molecule has 0 saturated heterocycles. The van der Waals surface area contributed by atoms with Crippen molar-refractivity contribution in [1.82, 2.24) is 0 Å². The van der Waals surface area contributed by atoms with Gasteiger partial charge in [-0.3, -0.25) is 0 Å². The summed E-state index contributed by atoms with van der Waals surface area (Å²) in [5.41, 5.74) is 8.31. The second-order valence-corrected chi connectivity index (χ2v) is 12.7. The first-order chi connectivity index (χ1) is 20.0. The second kappa shape index (κ2) is 10.4. The Labute approximate surface area is 247 Å². The maximum atomic E-state index is 9.27. The largest absolute Gasteiger partial charge is 0.491 e. The summed E-state index contributed by atoms with van der Waals surface area (Å²) >= 11 is 3.68. The Morgan fingerprint density at radius 2 is 1.39 bits per heavy atom. The van der Waals surface area contributed by atoms with E-state index in [0.717, 1.165) is 22.6 Å². The summed E-state index contributed by atoms with van der Waals surface area (Å²) in [6.07, 6.45) is 4.81. The van der Waals surface area contributed by atoms with Gasteiger partial charge < -0.3 is 19.7 Å². The molecule has 1 aromatic heterocycles. The number of ether oxygens (including phenoxy) is 2. The molecule has 0 bridgehead atoms. The molecule has 1 aliphatic heterocycles. The lowest BCUT2D eigenvalue weighted by atomic mass is 9.87. The molecule has 0 saturated carbocycles. The quantitative estimate of drug-likeness (QED) is 0.236. The third-order valence-corrected chi connectivity index (χ3v) is 10.5. The zero-order chi connectivity index (χ0) is 28.1. The highest BCUT2D eigenvalue weighted by molar-refractivity contribution is 8.01. The molecule has 4 nitrogen and oxygen atoms in total. The summed E-state index contributed by atoms with van der Waals surface area (Å²) in [4.78, 5) is 1.26. The Bertz CT molecular complexity index is 1880. The Morgan fingerprint density at radius 3 is 2.02 bits per heavy atom. The van der Waals surface area contributed by atoms with E-state index in [-0.39, 0.29) is 26.4 Å². The molecule has 0 spiro atoms. The fraction of sp³-hybridized carbons (Fsp3) is 0.200. The Balaban J connectivity index is 1.43. The monoisotopic (exact) mass is 578 g/mol. The van der Waals surface area contributed by atoms with Crippen molar-refractivity contribution in [2.24, 2.45) is 0 Å². The molecule has 1 aliphatic carbocycles.